The van der Waals surface area contributed by atoms with Gasteiger partial charge in [-0.05, 0) is 48.4 Å². The van der Waals surface area contributed by atoms with Gasteiger partial charge in [-0.1, -0.05) is 48.5 Å². The largest absolute Gasteiger partial charge is 0.383 e. The lowest BCUT2D eigenvalue weighted by atomic mass is 10.0. The van der Waals surface area contributed by atoms with Gasteiger partial charge in [-0.2, -0.15) is 0 Å². The highest BCUT2D eigenvalue weighted by Crippen LogP contribution is 2.27. The van der Waals surface area contributed by atoms with E-state index in [-0.39, 0.29) is 0 Å². The molecule has 4 aromatic rings. The number of nitrogens with zero attached hydrogens (tertiary/aromatic N) is 3. The van der Waals surface area contributed by atoms with Crippen LogP contribution in [0.5, 0.6) is 0 Å². The quantitative estimate of drug-likeness (QED) is 0.356. The average Bonchev–Trinajstić information content (AvgIpc) is 2.86. The van der Waals surface area contributed by atoms with Crippen LogP contribution < -0.4 is 10.2 Å². The maximum Gasteiger partial charge on any atom is 0.134 e. The van der Waals surface area contributed by atoms with Gasteiger partial charge in [0, 0.05) is 43.2 Å². The molecular weight excluding hydrogens is 396 g/mol. The summed E-state index contributed by atoms with van der Waals surface area (Å²) in [6.45, 7) is 4.67. The van der Waals surface area contributed by atoms with Crippen LogP contribution in [0.15, 0.2) is 91.3 Å². The Hall–Kier alpha value is -3.70. The number of ether oxygens (including phenoxy) is 1. The predicted octanol–water partition coefficient (Wildman–Crippen LogP) is 6.03. The molecule has 5 heteroatoms. The number of aromatic nitrogens is 2. The van der Waals surface area contributed by atoms with Gasteiger partial charge in [-0.3, -0.25) is 0 Å². The van der Waals surface area contributed by atoms with E-state index in [2.05, 4.69) is 99.9 Å². The van der Waals surface area contributed by atoms with Crippen molar-refractivity contribution in [1.29, 1.82) is 0 Å². The van der Waals surface area contributed by atoms with Crippen molar-refractivity contribution in [1.82, 2.24) is 9.97 Å². The van der Waals surface area contributed by atoms with Gasteiger partial charge in [0.05, 0.1) is 12.3 Å². The third kappa shape index (κ3) is 5.31. The number of anilines is 3. The Bertz CT molecular complexity index is 1130. The van der Waals surface area contributed by atoms with E-state index in [0.29, 0.717) is 6.61 Å². The lowest BCUT2D eigenvalue weighted by Crippen LogP contribution is -2.26. The first-order chi connectivity index (χ1) is 15.8. The molecule has 1 aromatic heterocycles. The molecule has 0 bridgehead atoms. The summed E-state index contributed by atoms with van der Waals surface area (Å²) in [4.78, 5) is 11.2. The highest BCUT2D eigenvalue weighted by atomic mass is 16.5. The normalized spacial score (nSPS) is 10.7. The van der Waals surface area contributed by atoms with Crippen LogP contribution in [0.2, 0.25) is 0 Å². The monoisotopic (exact) mass is 424 g/mol. The van der Waals surface area contributed by atoms with Crippen LogP contribution in [-0.2, 0) is 4.74 Å². The van der Waals surface area contributed by atoms with Crippen molar-refractivity contribution in [3.8, 4) is 22.4 Å². The van der Waals surface area contributed by atoms with E-state index in [1.54, 1.807) is 13.4 Å². The van der Waals surface area contributed by atoms with Gasteiger partial charge in [-0.15, -0.1) is 0 Å². The molecule has 0 radical (unpaired) electrons. The Balaban J connectivity index is 1.50. The molecule has 0 unspecified atom stereocenters. The molecule has 0 saturated carbocycles. The van der Waals surface area contributed by atoms with Gasteiger partial charge in [0.25, 0.3) is 0 Å². The van der Waals surface area contributed by atoms with Gasteiger partial charge >= 0.3 is 0 Å². The van der Waals surface area contributed by atoms with E-state index in [9.17, 15) is 0 Å². The van der Waals surface area contributed by atoms with Crippen molar-refractivity contribution in [2.75, 3.05) is 37.0 Å². The highest BCUT2D eigenvalue weighted by molar-refractivity contribution is 5.73. The zero-order chi connectivity index (χ0) is 22.2. The summed E-state index contributed by atoms with van der Waals surface area (Å²) >= 11 is 0. The molecule has 1 N–H and O–H groups in total. The van der Waals surface area contributed by atoms with Gasteiger partial charge in [-0.25, -0.2) is 9.97 Å². The van der Waals surface area contributed by atoms with Crippen LogP contribution in [0.3, 0.4) is 0 Å². The fourth-order valence-corrected chi connectivity index (χ4v) is 3.65. The summed E-state index contributed by atoms with van der Waals surface area (Å²) in [5, 5.41) is 3.39. The third-order valence-corrected chi connectivity index (χ3v) is 5.38. The summed E-state index contributed by atoms with van der Waals surface area (Å²) < 4.78 is 5.21. The summed E-state index contributed by atoms with van der Waals surface area (Å²) in [6.07, 6.45) is 1.60. The van der Waals surface area contributed by atoms with Crippen molar-refractivity contribution >= 4 is 17.2 Å². The van der Waals surface area contributed by atoms with Crippen molar-refractivity contribution in [3.63, 3.8) is 0 Å². The second-order valence-electron chi connectivity index (χ2n) is 7.48. The second-order valence-corrected chi connectivity index (χ2v) is 7.48. The van der Waals surface area contributed by atoms with E-state index in [1.165, 1.54) is 16.8 Å². The first-order valence-electron chi connectivity index (χ1n) is 10.9. The minimum Gasteiger partial charge on any atom is -0.383 e. The van der Waals surface area contributed by atoms with Crippen molar-refractivity contribution in [3.05, 3.63) is 91.3 Å². The number of likely N-dealkylation sites (N-methyl/N-ethyl adjacent to an activating group) is 1. The topological polar surface area (TPSA) is 50.3 Å². The molecule has 162 valence electrons. The Morgan fingerprint density at radius 3 is 2.31 bits per heavy atom. The highest BCUT2D eigenvalue weighted by Gasteiger charge is 2.07. The van der Waals surface area contributed by atoms with Crippen molar-refractivity contribution < 1.29 is 4.74 Å². The minimum absolute atomic E-state index is 0.711. The van der Waals surface area contributed by atoms with Crippen molar-refractivity contribution in [2.24, 2.45) is 0 Å². The molecule has 4 rings (SSSR count). The Labute approximate surface area is 189 Å². The number of hydrogen-bond acceptors (Lipinski definition) is 5. The average molecular weight is 425 g/mol. The summed E-state index contributed by atoms with van der Waals surface area (Å²) in [7, 11) is 1.73. The van der Waals surface area contributed by atoms with E-state index in [4.69, 9.17) is 4.74 Å². The molecular formula is C27H28N4O. The van der Waals surface area contributed by atoms with Gasteiger partial charge < -0.3 is 15.0 Å². The first-order valence-corrected chi connectivity index (χ1v) is 10.9. The molecule has 1 heterocycles. The lowest BCUT2D eigenvalue weighted by molar-refractivity contribution is 0.205. The second kappa shape index (κ2) is 10.6. The Morgan fingerprint density at radius 2 is 1.56 bits per heavy atom. The molecule has 0 atom stereocenters. The standard InChI is InChI=1S/C27H28N4O/c1-3-31(16-17-32-2)25-14-12-24(13-15-25)30-27-19-26(28-20-29-27)23-11-7-10-22(18-23)21-8-5-4-6-9-21/h4-15,18-20H,3,16-17H2,1-2H3,(H,28,29,30). The number of benzene rings is 3. The van der Waals surface area contributed by atoms with Crippen LogP contribution in [0, 0.1) is 0 Å². The zero-order valence-corrected chi connectivity index (χ0v) is 18.5. The number of nitrogens with one attached hydrogen (secondary N) is 1. The first kappa shape index (κ1) is 21.5. The van der Waals surface area contributed by atoms with Crippen LogP contribution in [-0.4, -0.2) is 36.8 Å². The fraction of sp³-hybridized carbons (Fsp3) is 0.185. The summed E-state index contributed by atoms with van der Waals surface area (Å²) in [5.74, 6) is 0.764. The van der Waals surface area contributed by atoms with E-state index in [1.807, 2.05) is 12.1 Å². The number of rotatable bonds is 9. The van der Waals surface area contributed by atoms with E-state index < -0.39 is 0 Å². The smallest absolute Gasteiger partial charge is 0.134 e. The van der Waals surface area contributed by atoms with Crippen molar-refractivity contribution in [2.45, 2.75) is 6.92 Å². The van der Waals surface area contributed by atoms with E-state index in [0.717, 1.165) is 35.9 Å². The molecule has 0 amide bonds. The Kier molecular flexibility index (Phi) is 7.10. The molecule has 0 aliphatic carbocycles. The molecule has 0 aliphatic rings. The van der Waals surface area contributed by atoms with Crippen LogP contribution >= 0.6 is 0 Å². The molecule has 0 aliphatic heterocycles. The minimum atomic E-state index is 0.711. The van der Waals surface area contributed by atoms with Crippen LogP contribution in [0.4, 0.5) is 17.2 Å². The zero-order valence-electron chi connectivity index (χ0n) is 18.5. The number of hydrogen-bond donors (Lipinski definition) is 1. The summed E-state index contributed by atoms with van der Waals surface area (Å²) in [5.41, 5.74) is 6.46. The van der Waals surface area contributed by atoms with Gasteiger partial charge in [0.15, 0.2) is 0 Å². The molecule has 5 nitrogen and oxygen atoms in total. The molecule has 0 saturated heterocycles. The van der Waals surface area contributed by atoms with Crippen LogP contribution in [0.1, 0.15) is 6.92 Å². The van der Waals surface area contributed by atoms with Gasteiger partial charge in [0.2, 0.25) is 0 Å². The lowest BCUT2D eigenvalue weighted by Gasteiger charge is -2.23. The fourth-order valence-electron chi connectivity index (χ4n) is 3.65. The third-order valence-electron chi connectivity index (χ3n) is 5.38. The molecule has 0 spiro atoms. The number of methoxy groups -OCH3 is 1. The Morgan fingerprint density at radius 1 is 0.812 bits per heavy atom. The molecule has 32 heavy (non-hydrogen) atoms. The van der Waals surface area contributed by atoms with Crippen LogP contribution in [0.25, 0.3) is 22.4 Å². The SMILES string of the molecule is CCN(CCOC)c1ccc(Nc2cc(-c3cccc(-c4ccccc4)c3)ncn2)cc1. The van der Waals surface area contributed by atoms with E-state index >= 15 is 0 Å². The maximum absolute atomic E-state index is 5.21. The maximum atomic E-state index is 5.21. The predicted molar refractivity (Wildman–Crippen MR) is 132 cm³/mol. The summed E-state index contributed by atoms with van der Waals surface area (Å²) in [6, 6.07) is 29.1. The van der Waals surface area contributed by atoms with Gasteiger partial charge in [0.1, 0.15) is 12.1 Å². The molecule has 0 fully saturated rings. The molecule has 3 aromatic carbocycles.